The molecule has 2 aromatic rings. The van der Waals surface area contributed by atoms with Gasteiger partial charge < -0.3 is 5.11 Å². The average Bonchev–Trinajstić information content (AvgIpc) is 2.67. The molecule has 0 aliphatic rings. The molecule has 76 valence electrons. The summed E-state index contributed by atoms with van der Waals surface area (Å²) in [5, 5.41) is 12.6. The number of carboxylic acid groups (broad SMARTS) is 1. The lowest BCUT2D eigenvalue weighted by Crippen LogP contribution is -2.08. The van der Waals surface area contributed by atoms with Crippen LogP contribution in [0.5, 0.6) is 0 Å². The smallest absolute Gasteiger partial charge is 0.325 e. The van der Waals surface area contributed by atoms with Crippen molar-refractivity contribution in [3.05, 3.63) is 42.7 Å². The molecule has 0 radical (unpaired) electrons. The lowest BCUT2D eigenvalue weighted by molar-refractivity contribution is -0.137. The molecule has 0 saturated heterocycles. The molecular formula is C11H10N2O2. The Hall–Kier alpha value is -2.10. The van der Waals surface area contributed by atoms with E-state index in [1.807, 2.05) is 30.3 Å². The molecule has 1 aromatic carbocycles. The molecule has 4 heteroatoms. The first-order valence-electron chi connectivity index (χ1n) is 4.55. The van der Waals surface area contributed by atoms with Crippen LogP contribution in [0.3, 0.4) is 0 Å². The Balaban J connectivity index is 2.24. The van der Waals surface area contributed by atoms with Crippen LogP contribution in [0, 0.1) is 0 Å². The van der Waals surface area contributed by atoms with Gasteiger partial charge in [-0.05, 0) is 5.56 Å². The predicted octanol–water partition coefficient (Wildman–Crippen LogP) is 1.63. The molecule has 0 unspecified atom stereocenters. The molecule has 1 N–H and O–H groups in total. The van der Waals surface area contributed by atoms with Crippen LogP contribution in [-0.4, -0.2) is 20.9 Å². The summed E-state index contributed by atoms with van der Waals surface area (Å²) in [7, 11) is 0. The van der Waals surface area contributed by atoms with Crippen molar-refractivity contribution >= 4 is 5.97 Å². The van der Waals surface area contributed by atoms with Crippen molar-refractivity contribution in [2.24, 2.45) is 0 Å². The first kappa shape index (κ1) is 9.45. The highest BCUT2D eigenvalue weighted by molar-refractivity contribution is 5.67. The van der Waals surface area contributed by atoms with E-state index in [1.165, 1.54) is 4.68 Å². The maximum absolute atomic E-state index is 10.5. The molecule has 15 heavy (non-hydrogen) atoms. The number of carboxylic acids is 1. The quantitative estimate of drug-likeness (QED) is 0.823. The largest absolute Gasteiger partial charge is 0.480 e. The highest BCUT2D eigenvalue weighted by atomic mass is 16.4. The van der Waals surface area contributed by atoms with Crippen LogP contribution in [-0.2, 0) is 11.3 Å². The van der Waals surface area contributed by atoms with Gasteiger partial charge in [-0.2, -0.15) is 5.10 Å². The number of aliphatic carboxylic acids is 1. The fraction of sp³-hybridized carbons (Fsp3) is 0.0909. The SMILES string of the molecule is O=C(O)Cn1cc(-c2ccccc2)cn1. The number of nitrogens with zero attached hydrogens (tertiary/aromatic N) is 2. The fourth-order valence-electron chi connectivity index (χ4n) is 1.37. The van der Waals surface area contributed by atoms with Gasteiger partial charge in [0.05, 0.1) is 6.20 Å². The van der Waals surface area contributed by atoms with Crippen molar-refractivity contribution in [1.29, 1.82) is 0 Å². The van der Waals surface area contributed by atoms with Gasteiger partial charge in [-0.3, -0.25) is 9.48 Å². The molecule has 1 heterocycles. The van der Waals surface area contributed by atoms with Gasteiger partial charge >= 0.3 is 5.97 Å². The third-order valence-corrected chi connectivity index (χ3v) is 2.04. The summed E-state index contributed by atoms with van der Waals surface area (Å²) in [4.78, 5) is 10.5. The number of aromatic nitrogens is 2. The first-order valence-corrected chi connectivity index (χ1v) is 4.55. The molecule has 0 spiro atoms. The summed E-state index contributed by atoms with van der Waals surface area (Å²) in [6.45, 7) is -0.104. The molecule has 0 aliphatic heterocycles. The molecule has 0 fully saturated rings. The Morgan fingerprint density at radius 1 is 1.27 bits per heavy atom. The summed E-state index contributed by atoms with van der Waals surface area (Å²) in [5.74, 6) is -0.891. The Labute approximate surface area is 86.8 Å². The first-order chi connectivity index (χ1) is 7.25. The zero-order valence-electron chi connectivity index (χ0n) is 8.00. The maximum atomic E-state index is 10.5. The van der Waals surface area contributed by atoms with Crippen molar-refractivity contribution in [3.8, 4) is 11.1 Å². The van der Waals surface area contributed by atoms with E-state index in [4.69, 9.17) is 5.11 Å². The van der Waals surface area contributed by atoms with Crippen molar-refractivity contribution in [1.82, 2.24) is 9.78 Å². The zero-order valence-corrected chi connectivity index (χ0v) is 8.00. The van der Waals surface area contributed by atoms with E-state index in [0.717, 1.165) is 11.1 Å². The molecule has 2 rings (SSSR count). The van der Waals surface area contributed by atoms with E-state index >= 15 is 0 Å². The lowest BCUT2D eigenvalue weighted by Gasteiger charge is -1.95. The molecule has 0 saturated carbocycles. The van der Waals surface area contributed by atoms with E-state index < -0.39 is 5.97 Å². The number of hydrogen-bond donors (Lipinski definition) is 1. The monoisotopic (exact) mass is 202 g/mol. The molecule has 0 atom stereocenters. The number of hydrogen-bond acceptors (Lipinski definition) is 2. The van der Waals surface area contributed by atoms with E-state index in [-0.39, 0.29) is 6.54 Å². The van der Waals surface area contributed by atoms with Gasteiger partial charge in [0.15, 0.2) is 0 Å². The van der Waals surface area contributed by atoms with Crippen LogP contribution in [0.2, 0.25) is 0 Å². The standard InChI is InChI=1S/C11H10N2O2/c14-11(15)8-13-7-10(6-12-13)9-4-2-1-3-5-9/h1-7H,8H2,(H,14,15). The van der Waals surface area contributed by atoms with Crippen LogP contribution in [0.15, 0.2) is 42.7 Å². The number of benzene rings is 1. The normalized spacial score (nSPS) is 10.1. The van der Waals surface area contributed by atoms with Gasteiger partial charge in [0.25, 0.3) is 0 Å². The Morgan fingerprint density at radius 3 is 2.67 bits per heavy atom. The lowest BCUT2D eigenvalue weighted by atomic mass is 10.1. The van der Waals surface area contributed by atoms with Crippen molar-refractivity contribution in [3.63, 3.8) is 0 Å². The molecule has 0 aliphatic carbocycles. The van der Waals surface area contributed by atoms with Crippen molar-refractivity contribution < 1.29 is 9.90 Å². The third-order valence-electron chi connectivity index (χ3n) is 2.04. The Morgan fingerprint density at radius 2 is 2.00 bits per heavy atom. The zero-order chi connectivity index (χ0) is 10.7. The van der Waals surface area contributed by atoms with Crippen molar-refractivity contribution in [2.75, 3.05) is 0 Å². The maximum Gasteiger partial charge on any atom is 0.325 e. The second-order valence-electron chi connectivity index (χ2n) is 3.19. The van der Waals surface area contributed by atoms with Crippen LogP contribution >= 0.6 is 0 Å². The average molecular weight is 202 g/mol. The summed E-state index contributed by atoms with van der Waals surface area (Å²) in [5.41, 5.74) is 1.96. The molecule has 4 nitrogen and oxygen atoms in total. The van der Waals surface area contributed by atoms with E-state index in [1.54, 1.807) is 12.4 Å². The molecule has 0 bridgehead atoms. The number of rotatable bonds is 3. The van der Waals surface area contributed by atoms with Crippen LogP contribution in [0.4, 0.5) is 0 Å². The summed E-state index contributed by atoms with van der Waals surface area (Å²) in [6, 6.07) is 9.73. The highest BCUT2D eigenvalue weighted by Gasteiger charge is 2.03. The van der Waals surface area contributed by atoms with E-state index in [9.17, 15) is 4.79 Å². The molecular weight excluding hydrogens is 192 g/mol. The third kappa shape index (κ3) is 2.22. The van der Waals surface area contributed by atoms with E-state index in [0.29, 0.717) is 0 Å². The molecule has 1 aromatic heterocycles. The second kappa shape index (κ2) is 3.96. The summed E-state index contributed by atoms with van der Waals surface area (Å²) >= 11 is 0. The van der Waals surface area contributed by atoms with Gasteiger partial charge in [-0.15, -0.1) is 0 Å². The van der Waals surface area contributed by atoms with Crippen molar-refractivity contribution in [2.45, 2.75) is 6.54 Å². The van der Waals surface area contributed by atoms with Crippen LogP contribution in [0.1, 0.15) is 0 Å². The number of carbonyl (C=O) groups is 1. The van der Waals surface area contributed by atoms with Gasteiger partial charge in [0, 0.05) is 11.8 Å². The highest BCUT2D eigenvalue weighted by Crippen LogP contribution is 2.17. The minimum absolute atomic E-state index is 0.104. The summed E-state index contributed by atoms with van der Waals surface area (Å²) < 4.78 is 1.41. The second-order valence-corrected chi connectivity index (χ2v) is 3.19. The minimum atomic E-state index is -0.891. The van der Waals surface area contributed by atoms with Gasteiger partial charge in [0.2, 0.25) is 0 Å². The fourth-order valence-corrected chi connectivity index (χ4v) is 1.37. The predicted molar refractivity (Wildman–Crippen MR) is 55.3 cm³/mol. The minimum Gasteiger partial charge on any atom is -0.480 e. The molecule has 0 amide bonds. The van der Waals surface area contributed by atoms with Gasteiger partial charge in [-0.25, -0.2) is 0 Å². The van der Waals surface area contributed by atoms with Gasteiger partial charge in [0.1, 0.15) is 6.54 Å². The topological polar surface area (TPSA) is 55.1 Å². The van der Waals surface area contributed by atoms with Gasteiger partial charge in [-0.1, -0.05) is 30.3 Å². The summed E-state index contributed by atoms with van der Waals surface area (Å²) in [6.07, 6.45) is 3.39. The van der Waals surface area contributed by atoms with E-state index in [2.05, 4.69) is 5.10 Å². The van der Waals surface area contributed by atoms with Crippen LogP contribution < -0.4 is 0 Å². The Kier molecular flexibility index (Phi) is 2.49. The Bertz CT molecular complexity index is 462. The van der Waals surface area contributed by atoms with Crippen LogP contribution in [0.25, 0.3) is 11.1 Å².